The predicted molar refractivity (Wildman–Crippen MR) is 89.1 cm³/mol. The highest BCUT2D eigenvalue weighted by Crippen LogP contribution is 2.32. The molecule has 0 aromatic heterocycles. The fourth-order valence-corrected chi connectivity index (χ4v) is 2.56. The summed E-state index contributed by atoms with van der Waals surface area (Å²) in [5, 5.41) is 3.28. The highest BCUT2D eigenvalue weighted by Gasteiger charge is 2.11. The summed E-state index contributed by atoms with van der Waals surface area (Å²) in [4.78, 5) is 11.9. The molecule has 0 unspecified atom stereocenters. The Bertz CT molecular complexity index is 657. The molecule has 2 rings (SSSR count). The number of amides is 1. The van der Waals surface area contributed by atoms with Crippen LogP contribution in [0.25, 0.3) is 0 Å². The van der Waals surface area contributed by atoms with Gasteiger partial charge in [0, 0.05) is 5.02 Å². The Kier molecular flexibility index (Phi) is 5.33. The van der Waals surface area contributed by atoms with Crippen molar-refractivity contribution in [3.8, 4) is 5.75 Å². The largest absolute Gasteiger partial charge is 0.483 e. The summed E-state index contributed by atoms with van der Waals surface area (Å²) in [7, 11) is 0. The number of rotatable bonds is 4. The summed E-state index contributed by atoms with van der Waals surface area (Å²) < 4.78 is 6.17. The van der Waals surface area contributed by atoms with Crippen LogP contribution in [0.4, 0.5) is 11.4 Å². The maximum absolute atomic E-state index is 11.9. The molecule has 0 heterocycles. The smallest absolute Gasteiger partial charge is 0.262 e. The average Bonchev–Trinajstić information content (AvgIpc) is 2.42. The zero-order valence-electron chi connectivity index (χ0n) is 10.7. The van der Waals surface area contributed by atoms with E-state index in [1.807, 2.05) is 18.2 Å². The highest BCUT2D eigenvalue weighted by molar-refractivity contribution is 9.10. The molecular formula is C14H11BrCl2N2O2. The second kappa shape index (κ2) is 7.02. The molecule has 0 aliphatic heterocycles. The third-order valence-corrected chi connectivity index (χ3v) is 3.72. The highest BCUT2D eigenvalue weighted by atomic mass is 79.9. The minimum absolute atomic E-state index is 0.166. The van der Waals surface area contributed by atoms with Gasteiger partial charge in [-0.3, -0.25) is 4.79 Å². The molecule has 1 amide bonds. The third kappa shape index (κ3) is 4.27. The summed E-state index contributed by atoms with van der Waals surface area (Å²) in [6.07, 6.45) is 0. The lowest BCUT2D eigenvalue weighted by molar-refractivity contribution is -0.118. The number of halogens is 3. The zero-order chi connectivity index (χ0) is 15.4. The number of ether oxygens (including phenoxy) is 1. The van der Waals surface area contributed by atoms with Crippen LogP contribution in [0.15, 0.2) is 40.9 Å². The molecule has 0 atom stereocenters. The number of para-hydroxylation sites is 1. The van der Waals surface area contributed by atoms with Crippen LogP contribution in [-0.2, 0) is 4.79 Å². The van der Waals surface area contributed by atoms with Crippen LogP contribution >= 0.6 is 39.1 Å². The van der Waals surface area contributed by atoms with E-state index in [0.717, 1.165) is 4.47 Å². The third-order valence-electron chi connectivity index (χ3n) is 2.55. The molecule has 2 aromatic rings. The monoisotopic (exact) mass is 388 g/mol. The first kappa shape index (κ1) is 15.9. The Hall–Kier alpha value is -1.43. The Labute approximate surface area is 140 Å². The predicted octanol–water partition coefficient (Wildman–Crippen LogP) is 4.36. The molecular weight excluding hydrogens is 379 g/mol. The Balaban J connectivity index is 2.01. The molecule has 0 aliphatic rings. The Morgan fingerprint density at radius 2 is 2.00 bits per heavy atom. The molecule has 110 valence electrons. The second-order valence-corrected chi connectivity index (χ2v) is 5.82. The van der Waals surface area contributed by atoms with Gasteiger partial charge in [-0.2, -0.15) is 0 Å². The van der Waals surface area contributed by atoms with E-state index in [2.05, 4.69) is 21.2 Å². The van der Waals surface area contributed by atoms with Crippen molar-refractivity contribution in [1.82, 2.24) is 0 Å². The van der Waals surface area contributed by atoms with E-state index < -0.39 is 0 Å². The van der Waals surface area contributed by atoms with E-state index in [1.165, 1.54) is 12.1 Å². The van der Waals surface area contributed by atoms with Crippen molar-refractivity contribution in [3.63, 3.8) is 0 Å². The summed E-state index contributed by atoms with van der Waals surface area (Å²) >= 11 is 15.1. The van der Waals surface area contributed by atoms with Crippen molar-refractivity contribution in [3.05, 3.63) is 50.9 Å². The Morgan fingerprint density at radius 1 is 1.29 bits per heavy atom. The first-order valence-electron chi connectivity index (χ1n) is 5.89. The van der Waals surface area contributed by atoms with Crippen molar-refractivity contribution in [2.45, 2.75) is 0 Å². The van der Waals surface area contributed by atoms with Crippen LogP contribution in [0.5, 0.6) is 5.75 Å². The van der Waals surface area contributed by atoms with Gasteiger partial charge in [0.05, 0.1) is 20.9 Å². The van der Waals surface area contributed by atoms with Gasteiger partial charge in [0.1, 0.15) is 5.75 Å². The number of hydrogen-bond acceptors (Lipinski definition) is 3. The van der Waals surface area contributed by atoms with E-state index in [1.54, 1.807) is 6.07 Å². The second-order valence-electron chi connectivity index (χ2n) is 4.12. The van der Waals surface area contributed by atoms with E-state index >= 15 is 0 Å². The quantitative estimate of drug-likeness (QED) is 0.763. The van der Waals surface area contributed by atoms with Crippen LogP contribution < -0.4 is 15.8 Å². The number of hydrogen-bond donors (Lipinski definition) is 2. The molecule has 0 saturated heterocycles. The maximum Gasteiger partial charge on any atom is 0.262 e. The van der Waals surface area contributed by atoms with Crippen LogP contribution in [-0.4, -0.2) is 12.5 Å². The molecule has 0 radical (unpaired) electrons. The fraction of sp³-hybridized carbons (Fsp3) is 0.0714. The number of nitrogen functional groups attached to an aromatic ring is 1. The Morgan fingerprint density at radius 3 is 2.67 bits per heavy atom. The van der Waals surface area contributed by atoms with E-state index in [4.69, 9.17) is 33.7 Å². The van der Waals surface area contributed by atoms with Crippen molar-refractivity contribution in [1.29, 1.82) is 0 Å². The number of carbonyl (C=O) groups is 1. The molecule has 3 N–H and O–H groups in total. The molecule has 0 bridgehead atoms. The lowest BCUT2D eigenvalue weighted by atomic mass is 10.2. The summed E-state index contributed by atoms with van der Waals surface area (Å²) in [6.45, 7) is -0.166. The van der Waals surface area contributed by atoms with Crippen LogP contribution in [0.1, 0.15) is 0 Å². The lowest BCUT2D eigenvalue weighted by Gasteiger charge is -2.12. The number of carbonyl (C=O) groups excluding carboxylic acids is 1. The van der Waals surface area contributed by atoms with E-state index in [-0.39, 0.29) is 17.5 Å². The van der Waals surface area contributed by atoms with Crippen LogP contribution in [0.2, 0.25) is 10.0 Å². The summed E-state index contributed by atoms with van der Waals surface area (Å²) in [6, 6.07) is 10.3. The SMILES string of the molecule is Nc1cc(Cl)cc(Cl)c1NC(=O)COc1ccccc1Br. The normalized spacial score (nSPS) is 10.2. The van der Waals surface area contributed by atoms with Crippen molar-refractivity contribution in [2.75, 3.05) is 17.7 Å². The van der Waals surface area contributed by atoms with Gasteiger partial charge in [0.15, 0.2) is 6.61 Å². The van der Waals surface area contributed by atoms with Crippen LogP contribution in [0, 0.1) is 0 Å². The van der Waals surface area contributed by atoms with Crippen molar-refractivity contribution < 1.29 is 9.53 Å². The first-order valence-corrected chi connectivity index (χ1v) is 7.44. The van der Waals surface area contributed by atoms with Crippen molar-refractivity contribution >= 4 is 56.4 Å². The first-order chi connectivity index (χ1) is 9.97. The molecule has 0 saturated carbocycles. The van der Waals surface area contributed by atoms with Gasteiger partial charge < -0.3 is 15.8 Å². The van der Waals surface area contributed by atoms with E-state index in [9.17, 15) is 4.79 Å². The van der Waals surface area contributed by atoms with Gasteiger partial charge in [0.2, 0.25) is 0 Å². The number of nitrogens with two attached hydrogens (primary N) is 1. The number of nitrogens with one attached hydrogen (secondary N) is 1. The minimum atomic E-state index is -0.373. The van der Waals surface area contributed by atoms with Gasteiger partial charge in [-0.25, -0.2) is 0 Å². The summed E-state index contributed by atoms with van der Waals surface area (Å²) in [5.41, 5.74) is 6.38. The standard InChI is InChI=1S/C14H11BrCl2N2O2/c15-9-3-1-2-4-12(9)21-7-13(20)19-14-10(17)5-8(16)6-11(14)18/h1-6H,7,18H2,(H,19,20). The zero-order valence-corrected chi connectivity index (χ0v) is 13.8. The molecule has 4 nitrogen and oxygen atoms in total. The molecule has 7 heteroatoms. The van der Waals surface area contributed by atoms with E-state index in [0.29, 0.717) is 22.1 Å². The van der Waals surface area contributed by atoms with Gasteiger partial charge >= 0.3 is 0 Å². The molecule has 21 heavy (non-hydrogen) atoms. The molecule has 2 aromatic carbocycles. The minimum Gasteiger partial charge on any atom is -0.483 e. The lowest BCUT2D eigenvalue weighted by Crippen LogP contribution is -2.21. The van der Waals surface area contributed by atoms with Crippen LogP contribution in [0.3, 0.4) is 0 Å². The van der Waals surface area contributed by atoms with Gasteiger partial charge in [-0.05, 0) is 40.2 Å². The average molecular weight is 390 g/mol. The van der Waals surface area contributed by atoms with Crippen molar-refractivity contribution in [2.24, 2.45) is 0 Å². The molecule has 0 spiro atoms. The number of anilines is 2. The van der Waals surface area contributed by atoms with Gasteiger partial charge in [-0.1, -0.05) is 35.3 Å². The maximum atomic E-state index is 11.9. The number of benzene rings is 2. The van der Waals surface area contributed by atoms with Gasteiger partial charge in [-0.15, -0.1) is 0 Å². The molecule has 0 fully saturated rings. The molecule has 0 aliphatic carbocycles. The summed E-state index contributed by atoms with van der Waals surface area (Å²) in [5.74, 6) is 0.199. The van der Waals surface area contributed by atoms with Gasteiger partial charge in [0.25, 0.3) is 5.91 Å². The topological polar surface area (TPSA) is 64.3 Å². The fourth-order valence-electron chi connectivity index (χ4n) is 1.61.